The molecule has 6 nitrogen and oxygen atoms in total. The average molecular weight is 482 g/mol. The number of halogens is 1. The van der Waals surface area contributed by atoms with Gasteiger partial charge in [0.15, 0.2) is 5.13 Å². The second-order valence-electron chi connectivity index (χ2n) is 6.36. The van der Waals surface area contributed by atoms with E-state index < -0.39 is 5.97 Å². The number of anilines is 1. The smallest absolute Gasteiger partial charge is 0.338 e. The minimum atomic E-state index is -0.565. The molecular weight excluding hydrogens is 466 g/mol. The summed E-state index contributed by atoms with van der Waals surface area (Å²) in [6, 6.07) is 17.9. The molecule has 0 saturated heterocycles. The van der Waals surface area contributed by atoms with Gasteiger partial charge in [0.05, 0.1) is 40.7 Å². The Morgan fingerprint density at radius 1 is 1.07 bits per heavy atom. The molecule has 0 spiro atoms. The predicted octanol–water partition coefficient (Wildman–Crippen LogP) is 5.09. The van der Waals surface area contributed by atoms with Crippen LogP contribution in [0.15, 0.2) is 71.3 Å². The van der Waals surface area contributed by atoms with E-state index in [4.69, 9.17) is 4.74 Å². The minimum Gasteiger partial charge on any atom is -0.465 e. The van der Waals surface area contributed by atoms with Crippen LogP contribution in [0.5, 0.6) is 0 Å². The van der Waals surface area contributed by atoms with Gasteiger partial charge >= 0.3 is 5.97 Å². The van der Waals surface area contributed by atoms with Gasteiger partial charge in [-0.2, -0.15) is 0 Å². The van der Waals surface area contributed by atoms with Crippen molar-refractivity contribution in [2.45, 2.75) is 6.54 Å². The van der Waals surface area contributed by atoms with E-state index in [0.717, 1.165) is 14.7 Å². The summed E-state index contributed by atoms with van der Waals surface area (Å²) in [5, 5.41) is 0.526. The summed E-state index contributed by atoms with van der Waals surface area (Å²) in [6.07, 6.45) is 1.68. The number of pyridine rings is 1. The van der Waals surface area contributed by atoms with Crippen LogP contribution in [0.3, 0.4) is 0 Å². The highest BCUT2D eigenvalue weighted by molar-refractivity contribution is 9.10. The van der Waals surface area contributed by atoms with Crippen molar-refractivity contribution >= 4 is 54.5 Å². The molecule has 150 valence electrons. The van der Waals surface area contributed by atoms with Crippen molar-refractivity contribution in [3.63, 3.8) is 0 Å². The summed E-state index contributed by atoms with van der Waals surface area (Å²) >= 11 is 4.87. The van der Waals surface area contributed by atoms with Crippen molar-refractivity contribution in [2.75, 3.05) is 12.0 Å². The zero-order chi connectivity index (χ0) is 21.1. The molecule has 0 aliphatic rings. The highest BCUT2D eigenvalue weighted by Gasteiger charge is 2.26. The molecule has 2 aromatic heterocycles. The third-order valence-electron chi connectivity index (χ3n) is 4.42. The molecule has 0 saturated carbocycles. The first-order valence-corrected chi connectivity index (χ1v) is 10.6. The highest BCUT2D eigenvalue weighted by atomic mass is 79.9. The molecule has 2 aromatic carbocycles. The Hall–Kier alpha value is -3.10. The quantitative estimate of drug-likeness (QED) is 0.371. The van der Waals surface area contributed by atoms with Gasteiger partial charge in [0.2, 0.25) is 0 Å². The maximum atomic E-state index is 13.6. The Labute approximate surface area is 185 Å². The van der Waals surface area contributed by atoms with Gasteiger partial charge in [-0.05, 0) is 42.5 Å². The molecule has 0 N–H and O–H groups in total. The summed E-state index contributed by atoms with van der Waals surface area (Å²) in [6.45, 7) is 0.218. The maximum absolute atomic E-state index is 13.6. The standard InChI is InChI=1S/C22H16BrN3O3S/c1-29-21(28)17-8-3-2-7-16(17)20(27)26(13-15-6-4-5-11-24-15)22-25-18-10-9-14(23)12-19(18)30-22/h2-12H,13H2,1H3. The lowest BCUT2D eigenvalue weighted by Gasteiger charge is -2.20. The molecule has 30 heavy (non-hydrogen) atoms. The number of aromatic nitrogens is 2. The molecule has 0 radical (unpaired) electrons. The number of carbonyl (C=O) groups is 2. The summed E-state index contributed by atoms with van der Waals surface area (Å²) in [5.74, 6) is -0.912. The van der Waals surface area contributed by atoms with Crippen LogP contribution in [0.1, 0.15) is 26.4 Å². The fourth-order valence-electron chi connectivity index (χ4n) is 2.98. The summed E-state index contributed by atoms with van der Waals surface area (Å²) < 4.78 is 6.73. The molecule has 0 fully saturated rings. The number of fused-ring (bicyclic) bond motifs is 1. The zero-order valence-corrected chi connectivity index (χ0v) is 18.3. The van der Waals surface area contributed by atoms with E-state index in [1.165, 1.54) is 18.4 Å². The Kier molecular flexibility index (Phi) is 5.87. The van der Waals surface area contributed by atoms with Crippen LogP contribution in [-0.2, 0) is 11.3 Å². The number of nitrogens with zero attached hydrogens (tertiary/aromatic N) is 3. The largest absolute Gasteiger partial charge is 0.465 e. The van der Waals surface area contributed by atoms with Gasteiger partial charge in [-0.15, -0.1) is 0 Å². The number of hydrogen-bond donors (Lipinski definition) is 0. The van der Waals surface area contributed by atoms with E-state index in [2.05, 4.69) is 25.9 Å². The Morgan fingerprint density at radius 2 is 1.83 bits per heavy atom. The van der Waals surface area contributed by atoms with Gasteiger partial charge in [-0.1, -0.05) is 45.5 Å². The van der Waals surface area contributed by atoms with Gasteiger partial charge in [0.1, 0.15) is 0 Å². The van der Waals surface area contributed by atoms with Crippen LogP contribution in [0.25, 0.3) is 10.2 Å². The van der Waals surface area contributed by atoms with E-state index in [1.54, 1.807) is 35.4 Å². The van der Waals surface area contributed by atoms with Crippen LogP contribution < -0.4 is 4.90 Å². The zero-order valence-electron chi connectivity index (χ0n) is 15.9. The van der Waals surface area contributed by atoms with Gasteiger partial charge in [0.25, 0.3) is 5.91 Å². The van der Waals surface area contributed by atoms with Crippen LogP contribution in [0.4, 0.5) is 5.13 Å². The topological polar surface area (TPSA) is 72.4 Å². The van der Waals surface area contributed by atoms with Crippen molar-refractivity contribution in [3.05, 3.63) is 88.2 Å². The lowest BCUT2D eigenvalue weighted by atomic mass is 10.1. The van der Waals surface area contributed by atoms with Crippen molar-refractivity contribution < 1.29 is 14.3 Å². The first-order chi connectivity index (χ1) is 14.6. The molecule has 0 bridgehead atoms. The van der Waals surface area contributed by atoms with Crippen molar-refractivity contribution in [2.24, 2.45) is 0 Å². The Bertz CT molecular complexity index is 1230. The van der Waals surface area contributed by atoms with Gasteiger partial charge in [0, 0.05) is 10.7 Å². The first kappa shape index (κ1) is 20.2. The van der Waals surface area contributed by atoms with Crippen LogP contribution >= 0.6 is 27.3 Å². The average Bonchev–Trinajstić information content (AvgIpc) is 3.20. The number of thiazole rings is 1. The number of amides is 1. The molecule has 0 aliphatic heterocycles. The number of esters is 1. The fraction of sp³-hybridized carbons (Fsp3) is 0.0909. The second-order valence-corrected chi connectivity index (χ2v) is 8.28. The highest BCUT2D eigenvalue weighted by Crippen LogP contribution is 2.32. The van der Waals surface area contributed by atoms with Crippen LogP contribution in [0.2, 0.25) is 0 Å². The Balaban J connectivity index is 1.81. The molecular formula is C22H16BrN3O3S. The monoisotopic (exact) mass is 481 g/mol. The van der Waals surface area contributed by atoms with Gasteiger partial charge in [-0.3, -0.25) is 14.7 Å². The molecule has 4 rings (SSSR count). The Morgan fingerprint density at radius 3 is 2.57 bits per heavy atom. The summed E-state index contributed by atoms with van der Waals surface area (Å²) in [5.41, 5.74) is 1.96. The molecule has 0 aliphatic carbocycles. The first-order valence-electron chi connectivity index (χ1n) is 9.02. The third-order valence-corrected chi connectivity index (χ3v) is 5.96. The van der Waals surface area contributed by atoms with Gasteiger partial charge < -0.3 is 4.74 Å². The number of carbonyl (C=O) groups excluding carboxylic acids is 2. The van der Waals surface area contributed by atoms with Crippen LogP contribution in [0, 0.1) is 0 Å². The number of benzene rings is 2. The van der Waals surface area contributed by atoms with E-state index in [9.17, 15) is 9.59 Å². The molecule has 0 atom stereocenters. The fourth-order valence-corrected chi connectivity index (χ4v) is 4.50. The summed E-state index contributed by atoms with van der Waals surface area (Å²) in [4.78, 5) is 36.3. The molecule has 1 amide bonds. The molecule has 2 heterocycles. The third kappa shape index (κ3) is 4.10. The normalized spacial score (nSPS) is 10.7. The van der Waals surface area contributed by atoms with Gasteiger partial charge in [-0.25, -0.2) is 9.78 Å². The molecule has 8 heteroatoms. The van der Waals surface area contributed by atoms with E-state index in [-0.39, 0.29) is 23.6 Å². The minimum absolute atomic E-state index is 0.208. The van der Waals surface area contributed by atoms with Crippen LogP contribution in [-0.4, -0.2) is 29.0 Å². The maximum Gasteiger partial charge on any atom is 0.338 e. The number of methoxy groups -OCH3 is 1. The van der Waals surface area contributed by atoms with E-state index in [0.29, 0.717) is 10.8 Å². The van der Waals surface area contributed by atoms with Crippen molar-refractivity contribution in [1.29, 1.82) is 0 Å². The molecule has 4 aromatic rings. The number of ether oxygens (including phenoxy) is 1. The second kappa shape index (κ2) is 8.73. The van der Waals surface area contributed by atoms with E-state index in [1.807, 2.05) is 36.4 Å². The number of rotatable bonds is 5. The number of hydrogen-bond acceptors (Lipinski definition) is 6. The summed E-state index contributed by atoms with van der Waals surface area (Å²) in [7, 11) is 1.29. The van der Waals surface area contributed by atoms with Crippen molar-refractivity contribution in [1.82, 2.24) is 9.97 Å². The molecule has 0 unspecified atom stereocenters. The SMILES string of the molecule is COC(=O)c1ccccc1C(=O)N(Cc1ccccn1)c1nc2ccc(Br)cc2s1. The van der Waals surface area contributed by atoms with E-state index >= 15 is 0 Å². The predicted molar refractivity (Wildman–Crippen MR) is 120 cm³/mol. The van der Waals surface area contributed by atoms with Crippen molar-refractivity contribution in [3.8, 4) is 0 Å². The lowest BCUT2D eigenvalue weighted by Crippen LogP contribution is -2.32. The lowest BCUT2D eigenvalue weighted by molar-refractivity contribution is 0.0597.